The summed E-state index contributed by atoms with van der Waals surface area (Å²) in [5.41, 5.74) is 1.85. The number of fused-ring (bicyclic) bond motifs is 1. The SMILES string of the molecule is COc1cc2c(cc1OC)C(=O)N(CC1CCCCC1)CC2. The van der Waals surface area contributed by atoms with Crippen LogP contribution in [0.4, 0.5) is 0 Å². The molecule has 22 heavy (non-hydrogen) atoms. The fourth-order valence-electron chi connectivity index (χ4n) is 3.71. The molecule has 0 saturated heterocycles. The number of ether oxygens (including phenoxy) is 2. The van der Waals surface area contributed by atoms with E-state index in [0.717, 1.165) is 30.6 Å². The van der Waals surface area contributed by atoms with E-state index in [1.807, 2.05) is 17.0 Å². The van der Waals surface area contributed by atoms with Crippen molar-refractivity contribution in [1.82, 2.24) is 4.90 Å². The average molecular weight is 303 g/mol. The Kier molecular flexibility index (Phi) is 4.55. The van der Waals surface area contributed by atoms with Crippen molar-refractivity contribution in [2.45, 2.75) is 38.5 Å². The zero-order valence-electron chi connectivity index (χ0n) is 13.6. The quantitative estimate of drug-likeness (QED) is 0.857. The molecule has 0 spiro atoms. The fourth-order valence-corrected chi connectivity index (χ4v) is 3.71. The van der Waals surface area contributed by atoms with Crippen molar-refractivity contribution in [3.05, 3.63) is 23.3 Å². The maximum absolute atomic E-state index is 12.8. The van der Waals surface area contributed by atoms with Crippen molar-refractivity contribution in [2.24, 2.45) is 5.92 Å². The van der Waals surface area contributed by atoms with Crippen LogP contribution in [0.3, 0.4) is 0 Å². The van der Waals surface area contributed by atoms with Crippen molar-refractivity contribution in [3.8, 4) is 11.5 Å². The van der Waals surface area contributed by atoms with Crippen LogP contribution in [0.5, 0.6) is 11.5 Å². The number of nitrogens with zero attached hydrogens (tertiary/aromatic N) is 1. The highest BCUT2D eigenvalue weighted by Crippen LogP contribution is 2.34. The second-order valence-corrected chi connectivity index (χ2v) is 6.37. The summed E-state index contributed by atoms with van der Waals surface area (Å²) in [5.74, 6) is 2.16. The maximum Gasteiger partial charge on any atom is 0.254 e. The second kappa shape index (κ2) is 6.59. The van der Waals surface area contributed by atoms with Crippen molar-refractivity contribution in [2.75, 3.05) is 27.3 Å². The molecule has 3 rings (SSSR count). The minimum Gasteiger partial charge on any atom is -0.493 e. The Morgan fingerprint density at radius 3 is 2.45 bits per heavy atom. The van der Waals surface area contributed by atoms with E-state index in [9.17, 15) is 4.79 Å². The number of hydrogen-bond acceptors (Lipinski definition) is 3. The first-order chi connectivity index (χ1) is 10.7. The van der Waals surface area contributed by atoms with E-state index in [0.29, 0.717) is 17.4 Å². The Bertz CT molecular complexity index is 550. The Hall–Kier alpha value is -1.71. The van der Waals surface area contributed by atoms with Crippen molar-refractivity contribution in [3.63, 3.8) is 0 Å². The van der Waals surface area contributed by atoms with Gasteiger partial charge in [-0.2, -0.15) is 0 Å². The van der Waals surface area contributed by atoms with E-state index in [1.165, 1.54) is 32.1 Å². The molecule has 4 nitrogen and oxygen atoms in total. The normalized spacial score (nSPS) is 19.0. The lowest BCUT2D eigenvalue weighted by Crippen LogP contribution is -2.41. The number of amides is 1. The van der Waals surface area contributed by atoms with Gasteiger partial charge in [-0.05, 0) is 42.9 Å². The van der Waals surface area contributed by atoms with Gasteiger partial charge in [-0.25, -0.2) is 0 Å². The van der Waals surface area contributed by atoms with Crippen LogP contribution in [0, 0.1) is 5.92 Å². The van der Waals surface area contributed by atoms with Gasteiger partial charge in [-0.15, -0.1) is 0 Å². The number of benzene rings is 1. The molecule has 1 aromatic rings. The molecule has 0 bridgehead atoms. The number of methoxy groups -OCH3 is 2. The van der Waals surface area contributed by atoms with E-state index >= 15 is 0 Å². The van der Waals surface area contributed by atoms with Crippen LogP contribution < -0.4 is 9.47 Å². The zero-order valence-corrected chi connectivity index (χ0v) is 13.6. The molecule has 0 N–H and O–H groups in total. The molecule has 1 heterocycles. The van der Waals surface area contributed by atoms with Gasteiger partial charge in [0.15, 0.2) is 11.5 Å². The molecular weight excluding hydrogens is 278 g/mol. The van der Waals surface area contributed by atoms with Gasteiger partial charge in [0.2, 0.25) is 0 Å². The lowest BCUT2D eigenvalue weighted by atomic mass is 9.88. The standard InChI is InChI=1S/C18H25NO3/c1-21-16-10-14-8-9-19(12-13-6-4-3-5-7-13)18(20)15(14)11-17(16)22-2/h10-11,13H,3-9,12H2,1-2H3. The number of hydrogen-bond donors (Lipinski definition) is 0. The molecular formula is C18H25NO3. The minimum absolute atomic E-state index is 0.146. The van der Waals surface area contributed by atoms with Crippen molar-refractivity contribution in [1.29, 1.82) is 0 Å². The van der Waals surface area contributed by atoms with Crippen LogP contribution in [0.2, 0.25) is 0 Å². The Balaban J connectivity index is 1.79. The molecule has 120 valence electrons. The van der Waals surface area contributed by atoms with Crippen molar-refractivity contribution < 1.29 is 14.3 Å². The van der Waals surface area contributed by atoms with E-state index in [4.69, 9.17) is 9.47 Å². The third-order valence-corrected chi connectivity index (χ3v) is 4.98. The molecule has 0 radical (unpaired) electrons. The van der Waals surface area contributed by atoms with Crippen molar-refractivity contribution >= 4 is 5.91 Å². The van der Waals surface area contributed by atoms with E-state index in [2.05, 4.69) is 0 Å². The minimum atomic E-state index is 0.146. The van der Waals surface area contributed by atoms with Gasteiger partial charge in [0.05, 0.1) is 14.2 Å². The molecule has 1 saturated carbocycles. The van der Waals surface area contributed by atoms with Gasteiger partial charge >= 0.3 is 0 Å². The van der Waals surface area contributed by atoms with Crippen LogP contribution in [-0.2, 0) is 6.42 Å². The lowest BCUT2D eigenvalue weighted by Gasteiger charge is -2.33. The first kappa shape index (κ1) is 15.2. The molecule has 4 heteroatoms. The molecule has 1 amide bonds. The first-order valence-corrected chi connectivity index (χ1v) is 8.27. The van der Waals surface area contributed by atoms with Crippen LogP contribution in [0.25, 0.3) is 0 Å². The lowest BCUT2D eigenvalue weighted by molar-refractivity contribution is 0.0696. The van der Waals surface area contributed by atoms with E-state index < -0.39 is 0 Å². The van der Waals surface area contributed by atoms with Gasteiger partial charge in [-0.3, -0.25) is 4.79 Å². The largest absolute Gasteiger partial charge is 0.493 e. The van der Waals surface area contributed by atoms with Crippen LogP contribution in [0.1, 0.15) is 48.0 Å². The summed E-state index contributed by atoms with van der Waals surface area (Å²) in [6.07, 6.45) is 7.41. The van der Waals surface area contributed by atoms with Crippen LogP contribution in [-0.4, -0.2) is 38.1 Å². The summed E-state index contributed by atoms with van der Waals surface area (Å²) in [7, 11) is 3.24. The smallest absolute Gasteiger partial charge is 0.254 e. The summed E-state index contributed by atoms with van der Waals surface area (Å²) in [6, 6.07) is 3.79. The van der Waals surface area contributed by atoms with Crippen LogP contribution in [0.15, 0.2) is 12.1 Å². The first-order valence-electron chi connectivity index (χ1n) is 8.27. The molecule has 1 aromatic carbocycles. The van der Waals surface area contributed by atoms with Gasteiger partial charge in [0.1, 0.15) is 0 Å². The van der Waals surface area contributed by atoms with Gasteiger partial charge in [0, 0.05) is 18.7 Å². The second-order valence-electron chi connectivity index (χ2n) is 6.37. The molecule has 0 aromatic heterocycles. The summed E-state index contributed by atoms with van der Waals surface area (Å²) in [5, 5.41) is 0. The highest BCUT2D eigenvalue weighted by molar-refractivity contribution is 5.97. The predicted molar refractivity (Wildman–Crippen MR) is 85.7 cm³/mol. The monoisotopic (exact) mass is 303 g/mol. The number of carbonyl (C=O) groups excluding carboxylic acids is 1. The van der Waals surface area contributed by atoms with Gasteiger partial charge in [-0.1, -0.05) is 19.3 Å². The number of carbonyl (C=O) groups is 1. The summed E-state index contributed by atoms with van der Waals surface area (Å²) in [4.78, 5) is 14.8. The van der Waals surface area contributed by atoms with E-state index in [1.54, 1.807) is 14.2 Å². The molecule has 0 unspecified atom stereocenters. The Morgan fingerprint density at radius 2 is 1.77 bits per heavy atom. The topological polar surface area (TPSA) is 38.8 Å². The highest BCUT2D eigenvalue weighted by atomic mass is 16.5. The van der Waals surface area contributed by atoms with Gasteiger partial charge in [0.25, 0.3) is 5.91 Å². The van der Waals surface area contributed by atoms with E-state index in [-0.39, 0.29) is 5.91 Å². The van der Waals surface area contributed by atoms with Crippen LogP contribution >= 0.6 is 0 Å². The predicted octanol–water partition coefficient (Wildman–Crippen LogP) is 3.28. The number of rotatable bonds is 4. The Morgan fingerprint density at radius 1 is 1.09 bits per heavy atom. The third-order valence-electron chi connectivity index (χ3n) is 4.98. The van der Waals surface area contributed by atoms with Gasteiger partial charge < -0.3 is 14.4 Å². The maximum atomic E-state index is 12.8. The zero-order chi connectivity index (χ0) is 15.5. The summed E-state index contributed by atoms with van der Waals surface area (Å²) < 4.78 is 10.7. The average Bonchev–Trinajstić information content (AvgIpc) is 2.57. The Labute approximate surface area is 132 Å². The molecule has 1 fully saturated rings. The highest BCUT2D eigenvalue weighted by Gasteiger charge is 2.28. The molecule has 0 atom stereocenters. The summed E-state index contributed by atoms with van der Waals surface area (Å²) >= 11 is 0. The molecule has 1 aliphatic heterocycles. The molecule has 1 aliphatic carbocycles. The third kappa shape index (κ3) is 2.92. The molecule has 2 aliphatic rings. The fraction of sp³-hybridized carbons (Fsp3) is 0.611. The summed E-state index contributed by atoms with van der Waals surface area (Å²) in [6.45, 7) is 1.73.